The average molecular weight is 375 g/mol. The van der Waals surface area contributed by atoms with E-state index >= 15 is 0 Å². The van der Waals surface area contributed by atoms with Crippen molar-refractivity contribution in [3.63, 3.8) is 0 Å². The first-order valence-electron chi connectivity index (χ1n) is 9.22. The Bertz CT molecular complexity index is 901. The lowest BCUT2D eigenvalue weighted by molar-refractivity contribution is -0.140. The van der Waals surface area contributed by atoms with Crippen LogP contribution in [0.25, 0.3) is 10.8 Å². The van der Waals surface area contributed by atoms with E-state index in [2.05, 4.69) is 17.1 Å². The predicted molar refractivity (Wildman–Crippen MR) is 107 cm³/mol. The van der Waals surface area contributed by atoms with Crippen molar-refractivity contribution in [3.05, 3.63) is 45.4 Å². The summed E-state index contributed by atoms with van der Waals surface area (Å²) in [5, 5.41) is 1.73. The van der Waals surface area contributed by atoms with Crippen molar-refractivity contribution in [2.75, 3.05) is 19.0 Å². The first-order chi connectivity index (χ1) is 12.2. The maximum Gasteiger partial charge on any atom is 0.256 e. The molecule has 1 fully saturated rings. The van der Waals surface area contributed by atoms with Crippen molar-refractivity contribution in [1.82, 2.24) is 9.88 Å². The Balaban J connectivity index is 1.94. The molecule has 1 aliphatic rings. The molecule has 1 amide bonds. The van der Waals surface area contributed by atoms with Crippen LogP contribution in [-0.4, -0.2) is 34.8 Å². The summed E-state index contributed by atoms with van der Waals surface area (Å²) in [5.41, 5.74) is 2.47. The van der Waals surface area contributed by atoms with Crippen molar-refractivity contribution in [2.24, 2.45) is 5.41 Å². The normalized spacial score (nSPS) is 18.3. The number of amides is 1. The van der Waals surface area contributed by atoms with Crippen LogP contribution in [0.2, 0.25) is 0 Å². The molecule has 1 atom stereocenters. The lowest BCUT2D eigenvalue weighted by atomic mass is 9.89. The quantitative estimate of drug-likeness (QED) is 0.822. The molecule has 0 aliphatic carbocycles. The summed E-state index contributed by atoms with van der Waals surface area (Å²) in [6, 6.07) is 6.18. The molecule has 2 aromatic rings. The van der Waals surface area contributed by atoms with Crippen LogP contribution < -0.4 is 5.56 Å². The third kappa shape index (κ3) is 3.52. The van der Waals surface area contributed by atoms with Crippen LogP contribution in [0.15, 0.2) is 23.0 Å². The number of aromatic nitrogens is 1. The number of halogens is 1. The number of benzene rings is 1. The molecule has 26 heavy (non-hydrogen) atoms. The molecule has 0 saturated carbocycles. The second-order valence-electron chi connectivity index (χ2n) is 8.21. The second kappa shape index (κ2) is 7.07. The first-order valence-corrected chi connectivity index (χ1v) is 9.76. The van der Waals surface area contributed by atoms with Crippen LogP contribution >= 0.6 is 11.6 Å². The molecular weight excluding hydrogens is 348 g/mol. The number of piperidine rings is 1. The van der Waals surface area contributed by atoms with Gasteiger partial charge in [-0.2, -0.15) is 0 Å². The van der Waals surface area contributed by atoms with Crippen LogP contribution in [-0.2, 0) is 4.79 Å². The largest absolute Gasteiger partial charge is 0.342 e. The topological polar surface area (TPSA) is 53.2 Å². The highest BCUT2D eigenvalue weighted by atomic mass is 35.5. The SMILES string of the molecule is Cc1cc(C)c2c(=O)[nH]c(C3CCCN(C(=O)C(C)(C)CCl)C3)cc2c1. The van der Waals surface area contributed by atoms with Gasteiger partial charge in [-0.3, -0.25) is 9.59 Å². The van der Waals surface area contributed by atoms with Crippen LogP contribution in [0.1, 0.15) is 49.4 Å². The summed E-state index contributed by atoms with van der Waals surface area (Å²) < 4.78 is 0. The van der Waals surface area contributed by atoms with E-state index in [1.54, 1.807) is 0 Å². The minimum Gasteiger partial charge on any atom is -0.342 e. The third-order valence-electron chi connectivity index (χ3n) is 5.37. The number of carbonyl (C=O) groups is 1. The van der Waals surface area contributed by atoms with Crippen molar-refractivity contribution in [2.45, 2.75) is 46.5 Å². The van der Waals surface area contributed by atoms with Crippen LogP contribution in [0.4, 0.5) is 0 Å². The lowest BCUT2D eigenvalue weighted by Gasteiger charge is -2.37. The Kier molecular flexibility index (Phi) is 5.16. The fourth-order valence-electron chi connectivity index (χ4n) is 3.94. The van der Waals surface area contributed by atoms with Gasteiger partial charge < -0.3 is 9.88 Å². The van der Waals surface area contributed by atoms with Gasteiger partial charge in [-0.1, -0.05) is 17.7 Å². The molecule has 1 aromatic carbocycles. The van der Waals surface area contributed by atoms with Gasteiger partial charge in [0, 0.05) is 36.0 Å². The number of nitrogens with one attached hydrogen (secondary N) is 1. The fraction of sp³-hybridized carbons (Fsp3) is 0.524. The average Bonchev–Trinajstić information content (AvgIpc) is 2.60. The number of hydrogen-bond donors (Lipinski definition) is 1. The zero-order chi connectivity index (χ0) is 19.1. The Hall–Kier alpha value is -1.81. The smallest absolute Gasteiger partial charge is 0.256 e. The molecule has 5 heteroatoms. The number of alkyl halides is 1. The summed E-state index contributed by atoms with van der Waals surface area (Å²) in [7, 11) is 0. The van der Waals surface area contributed by atoms with E-state index in [4.69, 9.17) is 11.6 Å². The van der Waals surface area contributed by atoms with Gasteiger partial charge in [0.2, 0.25) is 5.91 Å². The molecule has 0 bridgehead atoms. The molecule has 1 aromatic heterocycles. The number of hydrogen-bond acceptors (Lipinski definition) is 2. The molecule has 1 unspecified atom stereocenters. The van der Waals surface area contributed by atoms with Crippen LogP contribution in [0.3, 0.4) is 0 Å². The van der Waals surface area contributed by atoms with Crippen molar-refractivity contribution < 1.29 is 4.79 Å². The first kappa shape index (κ1) is 19.0. The molecule has 1 aliphatic heterocycles. The number of aryl methyl sites for hydroxylation is 2. The molecule has 1 N–H and O–H groups in total. The maximum atomic E-state index is 12.8. The van der Waals surface area contributed by atoms with Gasteiger partial charge >= 0.3 is 0 Å². The Morgan fingerprint density at radius 3 is 2.73 bits per heavy atom. The highest BCUT2D eigenvalue weighted by Gasteiger charge is 2.34. The Morgan fingerprint density at radius 1 is 1.31 bits per heavy atom. The number of carbonyl (C=O) groups excluding carboxylic acids is 1. The van der Waals surface area contributed by atoms with Gasteiger partial charge in [0.25, 0.3) is 5.56 Å². The van der Waals surface area contributed by atoms with Gasteiger partial charge in [0.05, 0.1) is 5.41 Å². The third-order valence-corrected chi connectivity index (χ3v) is 6.04. The van der Waals surface area contributed by atoms with Gasteiger partial charge in [-0.05, 0) is 57.6 Å². The highest BCUT2D eigenvalue weighted by molar-refractivity contribution is 6.19. The van der Waals surface area contributed by atoms with E-state index in [1.807, 2.05) is 38.7 Å². The zero-order valence-corrected chi connectivity index (χ0v) is 16.7. The Morgan fingerprint density at radius 2 is 2.04 bits per heavy atom. The number of H-pyrrole nitrogens is 1. The summed E-state index contributed by atoms with van der Waals surface area (Å²) >= 11 is 5.98. The van der Waals surface area contributed by atoms with E-state index < -0.39 is 5.41 Å². The van der Waals surface area contributed by atoms with Crippen molar-refractivity contribution in [3.8, 4) is 0 Å². The standard InChI is InChI=1S/C21H27ClN2O2/c1-13-8-14(2)18-16(9-13)10-17(23-19(18)25)15-6-5-7-24(11-15)20(26)21(3,4)12-22/h8-10,15H,5-7,11-12H2,1-4H3,(H,23,25). The molecular formula is C21H27ClN2O2. The number of likely N-dealkylation sites (tertiary alicyclic amines) is 1. The highest BCUT2D eigenvalue weighted by Crippen LogP contribution is 2.30. The number of pyridine rings is 1. The molecule has 3 rings (SSSR count). The second-order valence-corrected chi connectivity index (χ2v) is 8.47. The van der Waals surface area contributed by atoms with Crippen LogP contribution in [0.5, 0.6) is 0 Å². The molecule has 0 radical (unpaired) electrons. The van der Waals surface area contributed by atoms with Gasteiger partial charge in [-0.15, -0.1) is 11.6 Å². The monoisotopic (exact) mass is 374 g/mol. The summed E-state index contributed by atoms with van der Waals surface area (Å²) in [5.74, 6) is 0.544. The minimum atomic E-state index is -0.561. The number of nitrogens with zero attached hydrogens (tertiary/aromatic N) is 1. The molecule has 0 spiro atoms. The van der Waals surface area contributed by atoms with E-state index in [0.717, 1.165) is 47.0 Å². The zero-order valence-electron chi connectivity index (χ0n) is 16.0. The van der Waals surface area contributed by atoms with Gasteiger partial charge in [0.15, 0.2) is 0 Å². The van der Waals surface area contributed by atoms with E-state index in [1.165, 1.54) is 0 Å². The van der Waals surface area contributed by atoms with Crippen molar-refractivity contribution >= 4 is 28.3 Å². The minimum absolute atomic E-state index is 0.0421. The number of rotatable bonds is 3. The number of aromatic amines is 1. The lowest BCUT2D eigenvalue weighted by Crippen LogP contribution is -2.46. The van der Waals surface area contributed by atoms with Gasteiger partial charge in [0.1, 0.15) is 0 Å². The van der Waals surface area contributed by atoms with Crippen molar-refractivity contribution in [1.29, 1.82) is 0 Å². The van der Waals surface area contributed by atoms with Crippen LogP contribution in [0, 0.1) is 19.3 Å². The van der Waals surface area contributed by atoms with E-state index in [-0.39, 0.29) is 17.4 Å². The molecule has 2 heterocycles. The van der Waals surface area contributed by atoms with E-state index in [9.17, 15) is 9.59 Å². The predicted octanol–water partition coefficient (Wildman–Crippen LogP) is 4.12. The maximum absolute atomic E-state index is 12.8. The number of fused-ring (bicyclic) bond motifs is 1. The van der Waals surface area contributed by atoms with E-state index in [0.29, 0.717) is 12.4 Å². The van der Waals surface area contributed by atoms with Gasteiger partial charge in [-0.25, -0.2) is 0 Å². The Labute approximate surface area is 159 Å². The molecule has 4 nitrogen and oxygen atoms in total. The molecule has 1 saturated heterocycles. The summed E-state index contributed by atoms with van der Waals surface area (Å²) in [6.45, 7) is 9.17. The summed E-state index contributed by atoms with van der Waals surface area (Å²) in [4.78, 5) is 30.4. The molecule has 140 valence electrons. The fourth-order valence-corrected chi connectivity index (χ4v) is 4.06. The summed E-state index contributed by atoms with van der Waals surface area (Å²) in [6.07, 6.45) is 1.90.